The van der Waals surface area contributed by atoms with Gasteiger partial charge in [0.15, 0.2) is 11.5 Å². The number of hydrogen-bond acceptors (Lipinski definition) is 6. The molecule has 0 aliphatic carbocycles. The first-order valence-electron chi connectivity index (χ1n) is 8.42. The van der Waals surface area contributed by atoms with Crippen LogP contribution >= 0.6 is 0 Å². The number of methoxy groups -OCH3 is 1. The molecule has 0 unspecified atom stereocenters. The molecule has 0 saturated carbocycles. The molecule has 140 valence electrons. The fourth-order valence-electron chi connectivity index (χ4n) is 2.29. The van der Waals surface area contributed by atoms with Crippen molar-refractivity contribution in [2.75, 3.05) is 13.7 Å². The maximum absolute atomic E-state index is 12.4. The molecule has 0 atom stereocenters. The van der Waals surface area contributed by atoms with Crippen LogP contribution in [-0.4, -0.2) is 19.7 Å². The molecule has 0 spiro atoms. The average Bonchev–Trinajstić information content (AvgIpc) is 2.72. The SMILES string of the molecule is CCOc1ccc(/C=C(\C#N)C(=O)Oc2ccc(/C=C\C#N)cc2OC)cc1. The van der Waals surface area contributed by atoms with E-state index in [-0.39, 0.29) is 11.3 Å². The first kappa shape index (κ1) is 20.3. The van der Waals surface area contributed by atoms with Gasteiger partial charge in [-0.1, -0.05) is 18.2 Å². The molecule has 0 aliphatic heterocycles. The molecule has 6 nitrogen and oxygen atoms in total. The van der Waals surface area contributed by atoms with Gasteiger partial charge < -0.3 is 14.2 Å². The lowest BCUT2D eigenvalue weighted by molar-refractivity contribution is -0.129. The van der Waals surface area contributed by atoms with E-state index in [0.717, 1.165) is 0 Å². The van der Waals surface area contributed by atoms with Crippen LogP contribution in [0, 0.1) is 22.7 Å². The zero-order valence-electron chi connectivity index (χ0n) is 15.5. The summed E-state index contributed by atoms with van der Waals surface area (Å²) < 4.78 is 15.9. The van der Waals surface area contributed by atoms with Gasteiger partial charge in [0.05, 0.1) is 19.8 Å². The molecule has 0 saturated heterocycles. The molecule has 0 amide bonds. The van der Waals surface area contributed by atoms with Crippen LogP contribution in [-0.2, 0) is 4.79 Å². The lowest BCUT2D eigenvalue weighted by Gasteiger charge is -2.09. The zero-order chi connectivity index (χ0) is 20.4. The largest absolute Gasteiger partial charge is 0.494 e. The zero-order valence-corrected chi connectivity index (χ0v) is 15.5. The van der Waals surface area contributed by atoms with E-state index in [1.165, 1.54) is 19.3 Å². The third-order valence-corrected chi connectivity index (χ3v) is 3.58. The normalized spacial score (nSPS) is 10.8. The number of benzene rings is 2. The molecule has 0 aliphatic rings. The first-order valence-corrected chi connectivity index (χ1v) is 8.42. The standard InChI is InChI=1S/C22H18N2O4/c1-3-27-19-9-6-17(7-10-19)13-18(15-24)22(25)28-20-11-8-16(5-4-12-23)14-21(20)26-2/h4-11,13-14H,3H2,1-2H3/b5-4-,18-13+. The summed E-state index contributed by atoms with van der Waals surface area (Å²) in [6.07, 6.45) is 4.36. The summed E-state index contributed by atoms with van der Waals surface area (Å²) in [7, 11) is 1.44. The minimum atomic E-state index is -0.796. The monoisotopic (exact) mass is 374 g/mol. The second kappa shape index (κ2) is 10.2. The fourth-order valence-corrected chi connectivity index (χ4v) is 2.29. The van der Waals surface area contributed by atoms with Crippen LogP contribution in [0.2, 0.25) is 0 Å². The average molecular weight is 374 g/mol. The number of carbonyl (C=O) groups excluding carboxylic acids is 1. The van der Waals surface area contributed by atoms with Crippen LogP contribution < -0.4 is 14.2 Å². The molecular weight excluding hydrogens is 356 g/mol. The topological polar surface area (TPSA) is 92.3 Å². The highest BCUT2D eigenvalue weighted by Gasteiger charge is 2.15. The summed E-state index contributed by atoms with van der Waals surface area (Å²) in [4.78, 5) is 12.4. The molecular formula is C22H18N2O4. The molecule has 2 aromatic carbocycles. The molecule has 6 heteroatoms. The van der Waals surface area contributed by atoms with Crippen molar-refractivity contribution in [3.8, 4) is 29.4 Å². The van der Waals surface area contributed by atoms with Crippen molar-refractivity contribution in [1.29, 1.82) is 10.5 Å². The Morgan fingerprint density at radius 1 is 1.07 bits per heavy atom. The molecule has 0 aromatic heterocycles. The number of allylic oxidation sites excluding steroid dienone is 1. The van der Waals surface area contributed by atoms with Crippen molar-refractivity contribution in [2.45, 2.75) is 6.92 Å². The van der Waals surface area contributed by atoms with Gasteiger partial charge in [0.1, 0.15) is 17.4 Å². The first-order chi connectivity index (χ1) is 13.6. The Balaban J connectivity index is 2.21. The van der Waals surface area contributed by atoms with Crippen molar-refractivity contribution in [3.63, 3.8) is 0 Å². The lowest BCUT2D eigenvalue weighted by atomic mass is 10.1. The van der Waals surface area contributed by atoms with E-state index in [1.54, 1.807) is 48.5 Å². The van der Waals surface area contributed by atoms with Crippen molar-refractivity contribution < 1.29 is 19.0 Å². The molecule has 2 aromatic rings. The number of rotatable bonds is 7. The number of esters is 1. The van der Waals surface area contributed by atoms with Crippen molar-refractivity contribution in [1.82, 2.24) is 0 Å². The summed E-state index contributed by atoms with van der Waals surface area (Å²) in [5.41, 5.74) is 1.23. The minimum Gasteiger partial charge on any atom is -0.494 e. The van der Waals surface area contributed by atoms with Crippen LogP contribution in [0.1, 0.15) is 18.1 Å². The van der Waals surface area contributed by atoms with Crippen LogP contribution in [0.3, 0.4) is 0 Å². The van der Waals surface area contributed by atoms with E-state index in [1.807, 2.05) is 19.1 Å². The van der Waals surface area contributed by atoms with Crippen molar-refractivity contribution in [2.24, 2.45) is 0 Å². The number of nitrogens with zero attached hydrogens (tertiary/aromatic N) is 2. The number of nitriles is 2. The predicted octanol–water partition coefficient (Wildman–Crippen LogP) is 4.14. The van der Waals surface area contributed by atoms with Crippen LogP contribution in [0.15, 0.2) is 54.1 Å². The smallest absolute Gasteiger partial charge is 0.354 e. The summed E-state index contributed by atoms with van der Waals surface area (Å²) in [5.74, 6) is 0.396. The number of hydrogen-bond donors (Lipinski definition) is 0. The summed E-state index contributed by atoms with van der Waals surface area (Å²) in [5, 5.41) is 17.9. The Morgan fingerprint density at radius 3 is 2.39 bits per heavy atom. The van der Waals surface area contributed by atoms with Gasteiger partial charge in [0, 0.05) is 6.08 Å². The van der Waals surface area contributed by atoms with Gasteiger partial charge in [-0.15, -0.1) is 0 Å². The number of ether oxygens (including phenoxy) is 3. The highest BCUT2D eigenvalue weighted by molar-refractivity contribution is 5.99. The Labute approximate surface area is 163 Å². The van der Waals surface area contributed by atoms with Gasteiger partial charge in [-0.3, -0.25) is 0 Å². The maximum atomic E-state index is 12.4. The molecule has 0 fully saturated rings. The Bertz CT molecular complexity index is 977. The molecule has 0 radical (unpaired) electrons. The van der Waals surface area contributed by atoms with Gasteiger partial charge in [0.25, 0.3) is 0 Å². The van der Waals surface area contributed by atoms with Gasteiger partial charge in [-0.25, -0.2) is 4.79 Å². The summed E-state index contributed by atoms with van der Waals surface area (Å²) in [6, 6.07) is 15.6. The van der Waals surface area contributed by atoms with Crippen LogP contribution in [0.25, 0.3) is 12.2 Å². The molecule has 0 bridgehead atoms. The van der Waals surface area contributed by atoms with Crippen LogP contribution in [0.4, 0.5) is 0 Å². The fraction of sp³-hybridized carbons (Fsp3) is 0.136. The molecule has 28 heavy (non-hydrogen) atoms. The highest BCUT2D eigenvalue weighted by Crippen LogP contribution is 2.29. The summed E-state index contributed by atoms with van der Waals surface area (Å²) >= 11 is 0. The van der Waals surface area contributed by atoms with Crippen molar-refractivity contribution >= 4 is 18.1 Å². The summed E-state index contributed by atoms with van der Waals surface area (Å²) in [6.45, 7) is 2.44. The van der Waals surface area contributed by atoms with E-state index < -0.39 is 5.97 Å². The van der Waals surface area contributed by atoms with E-state index in [9.17, 15) is 10.1 Å². The van der Waals surface area contributed by atoms with E-state index in [2.05, 4.69) is 0 Å². The Morgan fingerprint density at radius 2 is 1.79 bits per heavy atom. The van der Waals surface area contributed by atoms with Gasteiger partial charge in [-0.05, 0) is 54.5 Å². The minimum absolute atomic E-state index is 0.153. The van der Waals surface area contributed by atoms with Gasteiger partial charge >= 0.3 is 5.97 Å². The molecule has 0 heterocycles. The lowest BCUT2D eigenvalue weighted by Crippen LogP contribution is -2.11. The second-order valence-electron chi connectivity index (χ2n) is 5.43. The van der Waals surface area contributed by atoms with Crippen molar-refractivity contribution in [3.05, 3.63) is 65.2 Å². The molecule has 0 N–H and O–H groups in total. The van der Waals surface area contributed by atoms with Crippen LogP contribution in [0.5, 0.6) is 17.2 Å². The Hall–Kier alpha value is -4.03. The molecule has 2 rings (SSSR count). The van der Waals surface area contributed by atoms with E-state index in [4.69, 9.17) is 19.5 Å². The predicted molar refractivity (Wildman–Crippen MR) is 104 cm³/mol. The third-order valence-electron chi connectivity index (χ3n) is 3.58. The third kappa shape index (κ3) is 5.48. The van der Waals surface area contributed by atoms with E-state index in [0.29, 0.717) is 29.2 Å². The quantitative estimate of drug-likeness (QED) is 0.313. The Kier molecular flexibility index (Phi) is 7.39. The van der Waals surface area contributed by atoms with Gasteiger partial charge in [-0.2, -0.15) is 10.5 Å². The van der Waals surface area contributed by atoms with Gasteiger partial charge in [0.2, 0.25) is 0 Å². The second-order valence-corrected chi connectivity index (χ2v) is 5.43. The number of carbonyl (C=O) groups is 1. The highest BCUT2D eigenvalue weighted by atomic mass is 16.6. The van der Waals surface area contributed by atoms with E-state index >= 15 is 0 Å². The maximum Gasteiger partial charge on any atom is 0.354 e.